The molecule has 17 heavy (non-hydrogen) atoms. The van der Waals surface area contributed by atoms with E-state index < -0.39 is 5.91 Å². The van der Waals surface area contributed by atoms with Crippen LogP contribution in [-0.2, 0) is 0 Å². The summed E-state index contributed by atoms with van der Waals surface area (Å²) in [4.78, 5) is 11.7. The zero-order valence-electron chi connectivity index (χ0n) is 8.50. The van der Waals surface area contributed by atoms with Gasteiger partial charge in [-0.25, -0.2) is 4.39 Å². The summed E-state index contributed by atoms with van der Waals surface area (Å²) in [5.41, 5.74) is 6.08. The number of nitrogens with zero attached hydrogens (tertiary/aromatic N) is 1. The van der Waals surface area contributed by atoms with Crippen molar-refractivity contribution < 1.29 is 9.18 Å². The topological polar surface area (TPSA) is 83.8 Å². The average molecular weight is 299 g/mol. The lowest BCUT2D eigenvalue weighted by atomic mass is 10.3. The first kappa shape index (κ1) is 11.6. The average Bonchev–Trinajstić information content (AvgIpc) is 2.69. The zero-order chi connectivity index (χ0) is 12.4. The Morgan fingerprint density at radius 2 is 2.24 bits per heavy atom. The maximum atomic E-state index is 12.8. The maximum absolute atomic E-state index is 12.8. The molecule has 0 aliphatic rings. The Labute approximate surface area is 104 Å². The SMILES string of the molecule is Nc1cc(C(=O)Nc2ccc(F)cc2Br)[nH]n1. The second kappa shape index (κ2) is 4.54. The number of amides is 1. The molecule has 2 aromatic rings. The molecule has 5 nitrogen and oxygen atoms in total. The molecule has 0 saturated heterocycles. The van der Waals surface area contributed by atoms with Crippen molar-refractivity contribution in [2.75, 3.05) is 11.1 Å². The van der Waals surface area contributed by atoms with E-state index in [0.29, 0.717) is 10.2 Å². The molecule has 1 heterocycles. The summed E-state index contributed by atoms with van der Waals surface area (Å²) in [7, 11) is 0. The normalized spacial score (nSPS) is 10.2. The molecule has 0 aliphatic carbocycles. The van der Waals surface area contributed by atoms with E-state index >= 15 is 0 Å². The first-order valence-corrected chi connectivity index (χ1v) is 5.43. The van der Waals surface area contributed by atoms with Crippen LogP contribution in [-0.4, -0.2) is 16.1 Å². The highest BCUT2D eigenvalue weighted by Crippen LogP contribution is 2.23. The molecule has 0 unspecified atom stereocenters. The van der Waals surface area contributed by atoms with Crippen molar-refractivity contribution in [3.8, 4) is 0 Å². The summed E-state index contributed by atoms with van der Waals surface area (Å²) < 4.78 is 13.3. The number of hydrogen-bond acceptors (Lipinski definition) is 3. The van der Waals surface area contributed by atoms with Gasteiger partial charge < -0.3 is 11.1 Å². The number of rotatable bonds is 2. The number of carbonyl (C=O) groups is 1. The van der Waals surface area contributed by atoms with Crippen LogP contribution in [0.4, 0.5) is 15.9 Å². The van der Waals surface area contributed by atoms with Crippen LogP contribution in [0.25, 0.3) is 0 Å². The lowest BCUT2D eigenvalue weighted by Gasteiger charge is -2.05. The van der Waals surface area contributed by atoms with Gasteiger partial charge in [-0.2, -0.15) is 5.10 Å². The summed E-state index contributed by atoms with van der Waals surface area (Å²) >= 11 is 3.15. The van der Waals surface area contributed by atoms with E-state index in [-0.39, 0.29) is 17.3 Å². The van der Waals surface area contributed by atoms with E-state index in [2.05, 4.69) is 31.4 Å². The van der Waals surface area contributed by atoms with Crippen molar-refractivity contribution in [1.82, 2.24) is 10.2 Å². The van der Waals surface area contributed by atoms with Gasteiger partial charge in [0, 0.05) is 10.5 Å². The number of halogens is 2. The minimum atomic E-state index is -0.401. The number of nitrogen functional groups attached to an aromatic ring is 1. The first-order valence-electron chi connectivity index (χ1n) is 4.63. The molecule has 0 spiro atoms. The predicted molar refractivity (Wildman–Crippen MR) is 65.1 cm³/mol. The molecule has 1 aromatic heterocycles. The number of anilines is 2. The van der Waals surface area contributed by atoms with Crippen LogP contribution in [0.15, 0.2) is 28.7 Å². The van der Waals surface area contributed by atoms with Crippen molar-refractivity contribution in [2.24, 2.45) is 0 Å². The molecule has 1 aromatic carbocycles. The number of H-pyrrole nitrogens is 1. The third kappa shape index (κ3) is 2.62. The van der Waals surface area contributed by atoms with Crippen LogP contribution in [0.5, 0.6) is 0 Å². The number of aromatic amines is 1. The summed E-state index contributed by atoms with van der Waals surface area (Å²) in [6.07, 6.45) is 0. The quantitative estimate of drug-likeness (QED) is 0.794. The number of aromatic nitrogens is 2. The van der Waals surface area contributed by atoms with Crippen LogP contribution < -0.4 is 11.1 Å². The first-order chi connectivity index (χ1) is 8.06. The molecular formula is C10H8BrFN4O. The highest BCUT2D eigenvalue weighted by molar-refractivity contribution is 9.10. The minimum absolute atomic E-state index is 0.230. The highest BCUT2D eigenvalue weighted by Gasteiger charge is 2.11. The van der Waals surface area contributed by atoms with Crippen molar-refractivity contribution in [3.63, 3.8) is 0 Å². The molecule has 1 amide bonds. The highest BCUT2D eigenvalue weighted by atomic mass is 79.9. The van der Waals surface area contributed by atoms with Crippen molar-refractivity contribution in [2.45, 2.75) is 0 Å². The third-order valence-corrected chi connectivity index (χ3v) is 2.68. The van der Waals surface area contributed by atoms with Crippen LogP contribution in [0.2, 0.25) is 0 Å². The third-order valence-electron chi connectivity index (χ3n) is 2.02. The Morgan fingerprint density at radius 1 is 1.47 bits per heavy atom. The Bertz CT molecular complexity index is 569. The monoisotopic (exact) mass is 298 g/mol. The van der Waals surface area contributed by atoms with Crippen LogP contribution in [0.1, 0.15) is 10.5 Å². The fourth-order valence-corrected chi connectivity index (χ4v) is 1.68. The number of benzene rings is 1. The molecule has 2 rings (SSSR count). The van der Waals surface area contributed by atoms with Gasteiger partial charge in [-0.15, -0.1) is 0 Å². The second-order valence-corrected chi connectivity index (χ2v) is 4.14. The minimum Gasteiger partial charge on any atom is -0.382 e. The van der Waals surface area contributed by atoms with Gasteiger partial charge in [0.15, 0.2) is 0 Å². The summed E-state index contributed by atoms with van der Waals surface area (Å²) in [5.74, 6) is -0.560. The standard InChI is InChI=1S/C10H8BrFN4O/c11-6-3-5(12)1-2-7(6)14-10(17)8-4-9(13)16-15-8/h1-4H,(H,14,17)(H3,13,15,16). The summed E-state index contributed by atoms with van der Waals surface area (Å²) in [6.45, 7) is 0. The Morgan fingerprint density at radius 3 is 2.82 bits per heavy atom. The molecule has 0 bridgehead atoms. The molecule has 88 valence electrons. The van der Waals surface area contributed by atoms with Crippen LogP contribution >= 0.6 is 15.9 Å². The van der Waals surface area contributed by atoms with Gasteiger partial charge in [0.05, 0.1) is 5.69 Å². The van der Waals surface area contributed by atoms with Crippen molar-refractivity contribution in [3.05, 3.63) is 40.2 Å². The Balaban J connectivity index is 2.18. The molecule has 0 radical (unpaired) electrons. The second-order valence-electron chi connectivity index (χ2n) is 3.28. The smallest absolute Gasteiger partial charge is 0.273 e. The van der Waals surface area contributed by atoms with Gasteiger partial charge in [0.2, 0.25) is 0 Å². The van der Waals surface area contributed by atoms with Crippen LogP contribution in [0.3, 0.4) is 0 Å². The fourth-order valence-electron chi connectivity index (χ4n) is 1.23. The van der Waals surface area contributed by atoms with E-state index in [1.807, 2.05) is 0 Å². The van der Waals surface area contributed by atoms with Crippen molar-refractivity contribution >= 4 is 33.3 Å². The number of nitrogens with one attached hydrogen (secondary N) is 2. The zero-order valence-corrected chi connectivity index (χ0v) is 10.1. The van der Waals surface area contributed by atoms with Gasteiger partial charge >= 0.3 is 0 Å². The lowest BCUT2D eigenvalue weighted by Crippen LogP contribution is -2.12. The largest absolute Gasteiger partial charge is 0.382 e. The number of carbonyl (C=O) groups excluding carboxylic acids is 1. The van der Waals surface area contributed by atoms with Gasteiger partial charge in [-0.3, -0.25) is 9.89 Å². The number of hydrogen-bond donors (Lipinski definition) is 3. The summed E-state index contributed by atoms with van der Waals surface area (Å²) in [6, 6.07) is 5.38. The van der Waals surface area contributed by atoms with Gasteiger partial charge in [0.1, 0.15) is 17.3 Å². The predicted octanol–water partition coefficient (Wildman–Crippen LogP) is 2.15. The molecular weight excluding hydrogens is 291 g/mol. The van der Waals surface area contributed by atoms with Gasteiger partial charge in [-0.05, 0) is 34.1 Å². The fraction of sp³-hybridized carbons (Fsp3) is 0. The number of nitrogens with two attached hydrogens (primary N) is 1. The summed E-state index contributed by atoms with van der Waals surface area (Å²) in [5, 5.41) is 8.70. The molecule has 4 N–H and O–H groups in total. The molecule has 7 heteroatoms. The van der Waals surface area contributed by atoms with E-state index in [0.717, 1.165) is 0 Å². The molecule has 0 aliphatic heterocycles. The van der Waals surface area contributed by atoms with E-state index in [9.17, 15) is 9.18 Å². The van der Waals surface area contributed by atoms with Gasteiger partial charge in [-0.1, -0.05) is 0 Å². The Hall–Kier alpha value is -1.89. The Kier molecular flexibility index (Phi) is 3.10. The lowest BCUT2D eigenvalue weighted by molar-refractivity contribution is 0.102. The van der Waals surface area contributed by atoms with Crippen LogP contribution in [0, 0.1) is 5.82 Å². The van der Waals surface area contributed by atoms with E-state index in [4.69, 9.17) is 5.73 Å². The van der Waals surface area contributed by atoms with E-state index in [1.165, 1.54) is 24.3 Å². The molecule has 0 saturated carbocycles. The molecule has 0 atom stereocenters. The van der Waals surface area contributed by atoms with Crippen molar-refractivity contribution in [1.29, 1.82) is 0 Å². The maximum Gasteiger partial charge on any atom is 0.273 e. The van der Waals surface area contributed by atoms with Gasteiger partial charge in [0.25, 0.3) is 5.91 Å². The molecule has 0 fully saturated rings. The van der Waals surface area contributed by atoms with E-state index in [1.54, 1.807) is 0 Å².